The van der Waals surface area contributed by atoms with E-state index >= 15 is 0 Å². The molecule has 0 aliphatic heterocycles. The number of carbonyl (C=O) groups is 1. The van der Waals surface area contributed by atoms with E-state index in [2.05, 4.69) is 10.3 Å². The van der Waals surface area contributed by atoms with E-state index in [0.717, 1.165) is 12.0 Å². The number of aromatic nitrogens is 1. The summed E-state index contributed by atoms with van der Waals surface area (Å²) in [6.07, 6.45) is 4.35. The van der Waals surface area contributed by atoms with Gasteiger partial charge in [0.2, 0.25) is 0 Å². The molecule has 2 aromatic rings. The van der Waals surface area contributed by atoms with E-state index in [1.807, 2.05) is 36.5 Å². The highest BCUT2D eigenvalue weighted by molar-refractivity contribution is 5.94. The molecule has 0 saturated carbocycles. The van der Waals surface area contributed by atoms with Crippen molar-refractivity contribution in [1.82, 2.24) is 10.3 Å². The van der Waals surface area contributed by atoms with Gasteiger partial charge in [-0.2, -0.15) is 0 Å². The minimum atomic E-state index is -0.0329. The maximum Gasteiger partial charge on any atom is 0.251 e. The molecule has 1 heterocycles. The topological polar surface area (TPSA) is 42.0 Å². The molecule has 1 aromatic carbocycles. The second kappa shape index (κ2) is 7.45. The first-order valence-corrected chi connectivity index (χ1v) is 5.58. The van der Waals surface area contributed by atoms with Crippen LogP contribution in [0, 0.1) is 0 Å². The Balaban J connectivity index is 0.00000162. The van der Waals surface area contributed by atoms with Crippen LogP contribution < -0.4 is 5.32 Å². The molecule has 0 saturated heterocycles. The van der Waals surface area contributed by atoms with Crippen molar-refractivity contribution in [2.75, 3.05) is 6.54 Å². The Morgan fingerprint density at radius 3 is 2.56 bits per heavy atom. The molecule has 2 rings (SSSR count). The van der Waals surface area contributed by atoms with E-state index < -0.39 is 0 Å². The molecule has 4 heteroatoms. The Bertz CT molecular complexity index is 474. The third kappa shape index (κ3) is 4.18. The van der Waals surface area contributed by atoms with Crippen molar-refractivity contribution in [2.45, 2.75) is 6.42 Å². The van der Waals surface area contributed by atoms with Crippen LogP contribution in [-0.2, 0) is 6.42 Å². The number of amides is 1. The minimum Gasteiger partial charge on any atom is -0.352 e. The van der Waals surface area contributed by atoms with E-state index in [0.29, 0.717) is 12.1 Å². The zero-order chi connectivity index (χ0) is 11.9. The smallest absolute Gasteiger partial charge is 0.251 e. The van der Waals surface area contributed by atoms with Crippen LogP contribution in [0.2, 0.25) is 0 Å². The Hall–Kier alpha value is -1.87. The van der Waals surface area contributed by atoms with Crippen LogP contribution in [0.4, 0.5) is 0 Å². The van der Waals surface area contributed by atoms with E-state index in [-0.39, 0.29) is 18.3 Å². The predicted octanol–water partition coefficient (Wildman–Crippen LogP) is 2.48. The second-order valence-corrected chi connectivity index (χ2v) is 3.73. The molecule has 0 bridgehead atoms. The number of hydrogen-bond acceptors (Lipinski definition) is 2. The lowest BCUT2D eigenvalue weighted by Crippen LogP contribution is -2.25. The van der Waals surface area contributed by atoms with Crippen molar-refractivity contribution in [2.24, 2.45) is 0 Å². The van der Waals surface area contributed by atoms with Gasteiger partial charge >= 0.3 is 0 Å². The van der Waals surface area contributed by atoms with E-state index in [9.17, 15) is 4.79 Å². The van der Waals surface area contributed by atoms with E-state index in [1.165, 1.54) is 0 Å². The number of pyridine rings is 1. The molecule has 0 fully saturated rings. The maximum atomic E-state index is 11.7. The number of benzene rings is 1. The van der Waals surface area contributed by atoms with Crippen molar-refractivity contribution in [3.05, 3.63) is 66.0 Å². The molecule has 0 unspecified atom stereocenters. The van der Waals surface area contributed by atoms with E-state index in [1.54, 1.807) is 18.3 Å². The molecule has 18 heavy (non-hydrogen) atoms. The molecule has 0 aliphatic rings. The second-order valence-electron chi connectivity index (χ2n) is 3.73. The highest BCUT2D eigenvalue weighted by atomic mass is 35.5. The monoisotopic (exact) mass is 262 g/mol. The number of nitrogens with one attached hydrogen (secondary N) is 1. The van der Waals surface area contributed by atoms with Crippen LogP contribution in [0.3, 0.4) is 0 Å². The van der Waals surface area contributed by atoms with Gasteiger partial charge in [0, 0.05) is 24.5 Å². The summed E-state index contributed by atoms with van der Waals surface area (Å²) in [4.78, 5) is 15.7. The van der Waals surface area contributed by atoms with Crippen LogP contribution in [0.5, 0.6) is 0 Å². The zero-order valence-corrected chi connectivity index (χ0v) is 10.7. The number of halogens is 1. The maximum absolute atomic E-state index is 11.7. The summed E-state index contributed by atoms with van der Waals surface area (Å²) in [5.74, 6) is -0.0329. The molecule has 1 aromatic heterocycles. The standard InChI is InChI=1S/C14H14N2O.ClH/c17-14(13-6-2-1-3-7-13)16-10-8-12-5-4-9-15-11-12;/h1-7,9,11H,8,10H2,(H,16,17);1H. The van der Waals surface area contributed by atoms with Gasteiger partial charge in [0.05, 0.1) is 0 Å². The van der Waals surface area contributed by atoms with Gasteiger partial charge in [-0.15, -0.1) is 12.4 Å². The molecule has 0 spiro atoms. The third-order valence-electron chi connectivity index (χ3n) is 2.46. The normalized spacial score (nSPS) is 9.33. The molecule has 3 nitrogen and oxygen atoms in total. The average molecular weight is 263 g/mol. The predicted molar refractivity (Wildman–Crippen MR) is 74.0 cm³/mol. The first kappa shape index (κ1) is 14.2. The summed E-state index contributed by atoms with van der Waals surface area (Å²) in [6, 6.07) is 13.1. The molecule has 1 N–H and O–H groups in total. The molecule has 0 aliphatic carbocycles. The number of rotatable bonds is 4. The molecule has 94 valence electrons. The third-order valence-corrected chi connectivity index (χ3v) is 2.46. The van der Waals surface area contributed by atoms with Crippen molar-refractivity contribution < 1.29 is 4.79 Å². The van der Waals surface area contributed by atoms with Gasteiger partial charge in [-0.05, 0) is 30.2 Å². The summed E-state index contributed by atoms with van der Waals surface area (Å²) in [6.45, 7) is 0.624. The van der Waals surface area contributed by atoms with Crippen LogP contribution in [0.25, 0.3) is 0 Å². The largest absolute Gasteiger partial charge is 0.352 e. The SMILES string of the molecule is Cl.O=C(NCCc1cccnc1)c1ccccc1. The Morgan fingerprint density at radius 1 is 1.11 bits per heavy atom. The summed E-state index contributed by atoms with van der Waals surface area (Å²) >= 11 is 0. The number of nitrogens with zero attached hydrogens (tertiary/aromatic N) is 1. The molecular formula is C14H15ClN2O. The lowest BCUT2D eigenvalue weighted by atomic mass is 10.2. The van der Waals surface area contributed by atoms with Crippen molar-refractivity contribution in [3.8, 4) is 0 Å². The summed E-state index contributed by atoms with van der Waals surface area (Å²) in [7, 11) is 0. The fourth-order valence-corrected chi connectivity index (χ4v) is 1.56. The van der Waals surface area contributed by atoms with Gasteiger partial charge in [0.15, 0.2) is 0 Å². The van der Waals surface area contributed by atoms with Crippen LogP contribution in [0.1, 0.15) is 15.9 Å². The summed E-state index contributed by atoms with van der Waals surface area (Å²) in [5.41, 5.74) is 1.82. The number of carbonyl (C=O) groups excluding carboxylic acids is 1. The fraction of sp³-hybridized carbons (Fsp3) is 0.143. The lowest BCUT2D eigenvalue weighted by Gasteiger charge is -2.04. The highest BCUT2D eigenvalue weighted by Crippen LogP contribution is 1.99. The first-order chi connectivity index (χ1) is 8.36. The van der Waals surface area contributed by atoms with E-state index in [4.69, 9.17) is 0 Å². The van der Waals surface area contributed by atoms with Gasteiger partial charge in [0.1, 0.15) is 0 Å². The molecule has 0 radical (unpaired) electrons. The Morgan fingerprint density at radius 2 is 1.89 bits per heavy atom. The molecular weight excluding hydrogens is 248 g/mol. The van der Waals surface area contributed by atoms with Gasteiger partial charge < -0.3 is 5.32 Å². The van der Waals surface area contributed by atoms with Crippen LogP contribution in [-0.4, -0.2) is 17.4 Å². The van der Waals surface area contributed by atoms with Gasteiger partial charge in [-0.1, -0.05) is 24.3 Å². The Kier molecular flexibility index (Phi) is 5.88. The Labute approximate surface area is 113 Å². The first-order valence-electron chi connectivity index (χ1n) is 5.58. The van der Waals surface area contributed by atoms with Crippen LogP contribution >= 0.6 is 12.4 Å². The minimum absolute atomic E-state index is 0. The van der Waals surface area contributed by atoms with Crippen LogP contribution in [0.15, 0.2) is 54.9 Å². The summed E-state index contributed by atoms with van der Waals surface area (Å²) in [5, 5.41) is 2.88. The quantitative estimate of drug-likeness (QED) is 0.920. The van der Waals surface area contributed by atoms with Crippen molar-refractivity contribution >= 4 is 18.3 Å². The van der Waals surface area contributed by atoms with Gasteiger partial charge in [0.25, 0.3) is 5.91 Å². The number of hydrogen-bond donors (Lipinski definition) is 1. The molecule has 0 atom stereocenters. The van der Waals surface area contributed by atoms with Crippen molar-refractivity contribution in [1.29, 1.82) is 0 Å². The fourth-order valence-electron chi connectivity index (χ4n) is 1.56. The van der Waals surface area contributed by atoms with Crippen molar-refractivity contribution in [3.63, 3.8) is 0 Å². The average Bonchev–Trinajstić information content (AvgIpc) is 2.41. The lowest BCUT2D eigenvalue weighted by molar-refractivity contribution is 0.0954. The molecule has 1 amide bonds. The zero-order valence-electron chi connectivity index (χ0n) is 9.87. The summed E-state index contributed by atoms with van der Waals surface area (Å²) < 4.78 is 0. The highest BCUT2D eigenvalue weighted by Gasteiger charge is 2.02. The van der Waals surface area contributed by atoms with Gasteiger partial charge in [-0.25, -0.2) is 0 Å². The van der Waals surface area contributed by atoms with Gasteiger partial charge in [-0.3, -0.25) is 9.78 Å².